The van der Waals surface area contributed by atoms with Gasteiger partial charge in [0.15, 0.2) is 0 Å². The topological polar surface area (TPSA) is 57.8 Å². The summed E-state index contributed by atoms with van der Waals surface area (Å²) in [5, 5.41) is 3.26. The molecule has 5 heteroatoms. The molecule has 0 aliphatic heterocycles. The summed E-state index contributed by atoms with van der Waals surface area (Å²) < 4.78 is 0.616. The number of hydrogen-bond acceptors (Lipinski definition) is 3. The highest BCUT2D eigenvalue weighted by Crippen LogP contribution is 2.15. The predicted octanol–water partition coefficient (Wildman–Crippen LogP) is 2.22. The van der Waals surface area contributed by atoms with Gasteiger partial charge in [0.25, 0.3) is 5.56 Å². The number of nitrogens with zero attached hydrogens (tertiary/aromatic N) is 1. The highest BCUT2D eigenvalue weighted by atomic mass is 127. The Balaban J connectivity index is 2.81. The van der Waals surface area contributed by atoms with E-state index in [9.17, 15) is 4.79 Å². The summed E-state index contributed by atoms with van der Waals surface area (Å²) in [5.74, 6) is 1.23. The molecule has 0 saturated carbocycles. The molecule has 2 atom stereocenters. The van der Waals surface area contributed by atoms with E-state index in [2.05, 4.69) is 36.1 Å². The minimum Gasteiger partial charge on any atom is -0.366 e. The molecular weight excluding hydrogens is 305 g/mol. The Labute approximate surface area is 103 Å². The van der Waals surface area contributed by atoms with Crippen LogP contribution in [0, 0.1) is 9.49 Å². The lowest BCUT2D eigenvalue weighted by Gasteiger charge is -2.20. The number of halogens is 1. The Hall–Kier alpha value is -0.590. The van der Waals surface area contributed by atoms with Gasteiger partial charge in [0.05, 0.1) is 6.33 Å². The summed E-state index contributed by atoms with van der Waals surface area (Å²) in [6.45, 7) is 6.43. The SMILES string of the molecule is CCC(C)C(C)Nc1nc[nH]c(=O)c1I. The molecule has 0 radical (unpaired) electrons. The molecule has 84 valence electrons. The van der Waals surface area contributed by atoms with E-state index in [4.69, 9.17) is 0 Å². The van der Waals surface area contributed by atoms with Crippen LogP contribution >= 0.6 is 22.6 Å². The number of nitrogens with one attached hydrogen (secondary N) is 2. The quantitative estimate of drug-likeness (QED) is 0.836. The second-order valence-corrected chi connectivity index (χ2v) is 4.79. The summed E-state index contributed by atoms with van der Waals surface area (Å²) in [4.78, 5) is 18.0. The van der Waals surface area contributed by atoms with Crippen LogP contribution in [0.15, 0.2) is 11.1 Å². The molecule has 0 saturated heterocycles. The zero-order valence-corrected chi connectivity index (χ0v) is 11.3. The van der Waals surface area contributed by atoms with Crippen molar-refractivity contribution in [2.24, 2.45) is 5.92 Å². The smallest absolute Gasteiger partial charge is 0.266 e. The van der Waals surface area contributed by atoms with Gasteiger partial charge in [-0.05, 0) is 35.4 Å². The monoisotopic (exact) mass is 321 g/mol. The molecule has 15 heavy (non-hydrogen) atoms. The van der Waals surface area contributed by atoms with Gasteiger partial charge in [-0.1, -0.05) is 20.3 Å². The molecular formula is C10H16IN3O. The minimum absolute atomic E-state index is 0.0931. The van der Waals surface area contributed by atoms with Crippen LogP contribution in [0.4, 0.5) is 5.82 Å². The summed E-state index contributed by atoms with van der Waals surface area (Å²) in [5.41, 5.74) is -0.0931. The van der Waals surface area contributed by atoms with Crippen molar-refractivity contribution < 1.29 is 0 Å². The van der Waals surface area contributed by atoms with Gasteiger partial charge in [-0.15, -0.1) is 0 Å². The molecule has 1 aromatic heterocycles. The van der Waals surface area contributed by atoms with Crippen LogP contribution in [0.25, 0.3) is 0 Å². The lowest BCUT2D eigenvalue weighted by atomic mass is 10.0. The highest BCUT2D eigenvalue weighted by molar-refractivity contribution is 14.1. The van der Waals surface area contributed by atoms with Crippen molar-refractivity contribution in [3.8, 4) is 0 Å². The number of aromatic amines is 1. The van der Waals surface area contributed by atoms with Crippen LogP contribution in [-0.4, -0.2) is 16.0 Å². The second-order valence-electron chi connectivity index (χ2n) is 3.71. The van der Waals surface area contributed by atoms with Gasteiger partial charge in [0.1, 0.15) is 9.39 Å². The van der Waals surface area contributed by atoms with E-state index in [-0.39, 0.29) is 5.56 Å². The molecule has 2 unspecified atom stereocenters. The zero-order chi connectivity index (χ0) is 11.4. The lowest BCUT2D eigenvalue weighted by molar-refractivity contribution is 0.493. The van der Waals surface area contributed by atoms with Crippen molar-refractivity contribution in [2.45, 2.75) is 33.2 Å². The van der Waals surface area contributed by atoms with Crippen LogP contribution in [0.1, 0.15) is 27.2 Å². The fourth-order valence-electron chi connectivity index (χ4n) is 1.20. The van der Waals surface area contributed by atoms with E-state index in [1.807, 2.05) is 22.6 Å². The molecule has 1 heterocycles. The molecule has 2 N–H and O–H groups in total. The maximum Gasteiger partial charge on any atom is 0.266 e. The Morgan fingerprint density at radius 2 is 2.27 bits per heavy atom. The molecule has 0 aliphatic rings. The van der Waals surface area contributed by atoms with E-state index in [1.54, 1.807) is 0 Å². The molecule has 0 fully saturated rings. The van der Waals surface area contributed by atoms with Gasteiger partial charge >= 0.3 is 0 Å². The third-order valence-electron chi connectivity index (χ3n) is 2.66. The summed E-state index contributed by atoms with van der Waals surface area (Å²) >= 11 is 2.01. The number of hydrogen-bond donors (Lipinski definition) is 2. The number of rotatable bonds is 4. The highest BCUT2D eigenvalue weighted by Gasteiger charge is 2.13. The van der Waals surface area contributed by atoms with Crippen molar-refractivity contribution in [2.75, 3.05) is 5.32 Å². The van der Waals surface area contributed by atoms with E-state index in [0.29, 0.717) is 21.3 Å². The summed E-state index contributed by atoms with van der Waals surface area (Å²) in [6.07, 6.45) is 2.53. The Kier molecular flexibility index (Phi) is 4.56. The average molecular weight is 321 g/mol. The molecule has 1 aromatic rings. The van der Waals surface area contributed by atoms with Gasteiger partial charge in [0.2, 0.25) is 0 Å². The third-order valence-corrected chi connectivity index (χ3v) is 3.66. The maximum atomic E-state index is 11.3. The first-order chi connectivity index (χ1) is 7.06. The summed E-state index contributed by atoms with van der Waals surface area (Å²) in [6, 6.07) is 0.317. The van der Waals surface area contributed by atoms with Crippen LogP contribution in [-0.2, 0) is 0 Å². The fraction of sp³-hybridized carbons (Fsp3) is 0.600. The van der Waals surface area contributed by atoms with Crippen LogP contribution < -0.4 is 10.9 Å². The van der Waals surface area contributed by atoms with Crippen LogP contribution in [0.5, 0.6) is 0 Å². The van der Waals surface area contributed by atoms with Crippen LogP contribution in [0.3, 0.4) is 0 Å². The first kappa shape index (κ1) is 12.5. The Bertz CT molecular complexity index is 377. The molecule has 0 bridgehead atoms. The van der Waals surface area contributed by atoms with Gasteiger partial charge < -0.3 is 10.3 Å². The third kappa shape index (κ3) is 3.19. The molecule has 4 nitrogen and oxygen atoms in total. The average Bonchev–Trinajstić information content (AvgIpc) is 2.23. The second kappa shape index (κ2) is 5.48. The molecule has 0 spiro atoms. The van der Waals surface area contributed by atoms with Crippen molar-refractivity contribution >= 4 is 28.4 Å². The molecule has 1 rings (SSSR count). The summed E-state index contributed by atoms with van der Waals surface area (Å²) in [7, 11) is 0. The predicted molar refractivity (Wildman–Crippen MR) is 70.1 cm³/mol. The van der Waals surface area contributed by atoms with E-state index in [0.717, 1.165) is 6.42 Å². The van der Waals surface area contributed by atoms with E-state index < -0.39 is 0 Å². The number of aromatic nitrogens is 2. The van der Waals surface area contributed by atoms with Crippen molar-refractivity contribution in [1.29, 1.82) is 0 Å². The van der Waals surface area contributed by atoms with Gasteiger partial charge in [-0.2, -0.15) is 0 Å². The molecule has 0 aromatic carbocycles. The lowest BCUT2D eigenvalue weighted by Crippen LogP contribution is -2.26. The largest absolute Gasteiger partial charge is 0.366 e. The first-order valence-electron chi connectivity index (χ1n) is 5.06. The van der Waals surface area contributed by atoms with Gasteiger partial charge in [-0.25, -0.2) is 4.98 Å². The van der Waals surface area contributed by atoms with Crippen molar-refractivity contribution in [3.05, 3.63) is 20.3 Å². The van der Waals surface area contributed by atoms with Crippen molar-refractivity contribution in [3.63, 3.8) is 0 Å². The Morgan fingerprint density at radius 1 is 1.60 bits per heavy atom. The fourth-order valence-corrected chi connectivity index (χ4v) is 1.65. The van der Waals surface area contributed by atoms with Gasteiger partial charge in [0, 0.05) is 6.04 Å². The van der Waals surface area contributed by atoms with Crippen LogP contribution in [0.2, 0.25) is 0 Å². The minimum atomic E-state index is -0.0931. The van der Waals surface area contributed by atoms with Crippen molar-refractivity contribution in [1.82, 2.24) is 9.97 Å². The number of H-pyrrole nitrogens is 1. The maximum absolute atomic E-state index is 11.3. The first-order valence-corrected chi connectivity index (χ1v) is 6.13. The number of anilines is 1. The van der Waals surface area contributed by atoms with E-state index >= 15 is 0 Å². The van der Waals surface area contributed by atoms with Gasteiger partial charge in [-0.3, -0.25) is 4.79 Å². The standard InChI is InChI=1S/C10H16IN3O/c1-4-6(2)7(3)14-9-8(11)10(15)13-5-12-9/h5-7H,4H2,1-3H3,(H2,12,13,14,15). The molecule has 0 aliphatic carbocycles. The normalized spacial score (nSPS) is 14.7. The Morgan fingerprint density at radius 3 is 2.87 bits per heavy atom. The zero-order valence-electron chi connectivity index (χ0n) is 9.17. The van der Waals surface area contributed by atoms with E-state index in [1.165, 1.54) is 6.33 Å². The molecule has 0 amide bonds.